The summed E-state index contributed by atoms with van der Waals surface area (Å²) in [6, 6.07) is 25.7. The Labute approximate surface area is 151 Å². The van der Waals surface area contributed by atoms with E-state index in [0.29, 0.717) is 17.4 Å². The van der Waals surface area contributed by atoms with Crippen LogP contribution in [-0.4, -0.2) is 9.67 Å². The van der Waals surface area contributed by atoms with Gasteiger partial charge >= 0.3 is 0 Å². The molecule has 0 bridgehead atoms. The van der Waals surface area contributed by atoms with Crippen molar-refractivity contribution >= 4 is 10.9 Å². The molecule has 0 unspecified atom stereocenters. The molecule has 1 N–H and O–H groups in total. The third kappa shape index (κ3) is 2.78. The highest BCUT2D eigenvalue weighted by molar-refractivity contribution is 5.86. The molecular formula is C23H19NO2. The predicted molar refractivity (Wildman–Crippen MR) is 106 cm³/mol. The average molecular weight is 341 g/mol. The van der Waals surface area contributed by atoms with Crippen LogP contribution in [0.4, 0.5) is 0 Å². The minimum absolute atomic E-state index is 0.0795. The first kappa shape index (κ1) is 16.2. The van der Waals surface area contributed by atoms with Gasteiger partial charge in [0.25, 0.3) is 5.56 Å². The number of fused-ring (bicyclic) bond motifs is 1. The summed E-state index contributed by atoms with van der Waals surface area (Å²) in [5.41, 5.74) is 4.28. The van der Waals surface area contributed by atoms with Crippen LogP contribution in [0.1, 0.15) is 11.1 Å². The van der Waals surface area contributed by atoms with E-state index in [1.165, 1.54) is 0 Å². The van der Waals surface area contributed by atoms with E-state index in [4.69, 9.17) is 0 Å². The fraction of sp³-hybridized carbons (Fsp3) is 0.0870. The number of benzene rings is 3. The van der Waals surface area contributed by atoms with Crippen molar-refractivity contribution in [3.05, 3.63) is 100 Å². The summed E-state index contributed by atoms with van der Waals surface area (Å²) in [6.45, 7) is 0. The molecule has 0 saturated heterocycles. The van der Waals surface area contributed by atoms with Crippen LogP contribution in [0, 0.1) is 0 Å². The van der Waals surface area contributed by atoms with Crippen molar-refractivity contribution in [1.82, 2.24) is 4.57 Å². The minimum Gasteiger partial charge on any atom is -0.507 e. The lowest BCUT2D eigenvalue weighted by Crippen LogP contribution is -2.21. The van der Waals surface area contributed by atoms with E-state index in [-0.39, 0.29) is 11.3 Å². The quantitative estimate of drug-likeness (QED) is 0.596. The average Bonchev–Trinajstić information content (AvgIpc) is 2.71. The SMILES string of the molecule is Cn1c(=O)c(Cc2ccc(-c3ccccc3)cc2)c(O)c2ccccc21. The summed E-state index contributed by atoms with van der Waals surface area (Å²) in [7, 11) is 1.74. The second kappa shape index (κ2) is 6.52. The zero-order valence-electron chi connectivity index (χ0n) is 14.5. The Morgan fingerprint density at radius 2 is 1.42 bits per heavy atom. The zero-order chi connectivity index (χ0) is 18.1. The van der Waals surface area contributed by atoms with Gasteiger partial charge in [-0.05, 0) is 28.8 Å². The molecule has 0 spiro atoms. The number of pyridine rings is 1. The number of aromatic nitrogens is 1. The number of rotatable bonds is 3. The van der Waals surface area contributed by atoms with Crippen molar-refractivity contribution in [3.63, 3.8) is 0 Å². The maximum absolute atomic E-state index is 12.7. The number of para-hydroxylation sites is 1. The predicted octanol–water partition coefficient (Wildman–Crippen LogP) is 4.50. The van der Waals surface area contributed by atoms with Crippen LogP contribution in [0.2, 0.25) is 0 Å². The summed E-state index contributed by atoms with van der Waals surface area (Å²) in [4.78, 5) is 12.7. The summed E-state index contributed by atoms with van der Waals surface area (Å²) >= 11 is 0. The number of aromatic hydroxyl groups is 1. The molecule has 0 aliphatic heterocycles. The van der Waals surface area contributed by atoms with Gasteiger partial charge in [0.15, 0.2) is 0 Å². The highest BCUT2D eigenvalue weighted by Gasteiger charge is 2.14. The van der Waals surface area contributed by atoms with Gasteiger partial charge in [0.1, 0.15) is 5.75 Å². The van der Waals surface area contributed by atoms with Crippen molar-refractivity contribution in [1.29, 1.82) is 0 Å². The topological polar surface area (TPSA) is 42.2 Å². The van der Waals surface area contributed by atoms with Gasteiger partial charge in [0, 0.05) is 18.9 Å². The van der Waals surface area contributed by atoms with Crippen LogP contribution < -0.4 is 5.56 Å². The Balaban J connectivity index is 1.73. The van der Waals surface area contributed by atoms with Crippen LogP contribution in [0.5, 0.6) is 5.75 Å². The van der Waals surface area contributed by atoms with Gasteiger partial charge in [0.05, 0.1) is 11.1 Å². The molecule has 3 aromatic carbocycles. The third-order valence-electron chi connectivity index (χ3n) is 4.81. The molecule has 0 aliphatic rings. The van der Waals surface area contributed by atoms with Crippen LogP contribution in [-0.2, 0) is 13.5 Å². The van der Waals surface area contributed by atoms with E-state index >= 15 is 0 Å². The lowest BCUT2D eigenvalue weighted by molar-refractivity contribution is 0.473. The molecule has 128 valence electrons. The number of hydrogen-bond acceptors (Lipinski definition) is 2. The molecule has 1 aromatic heterocycles. The Hall–Kier alpha value is -3.33. The Bertz CT molecular complexity index is 1130. The van der Waals surface area contributed by atoms with Gasteiger partial charge < -0.3 is 9.67 Å². The largest absolute Gasteiger partial charge is 0.507 e. The van der Waals surface area contributed by atoms with Crippen molar-refractivity contribution in [2.45, 2.75) is 6.42 Å². The van der Waals surface area contributed by atoms with Gasteiger partial charge in [-0.15, -0.1) is 0 Å². The normalized spacial score (nSPS) is 11.0. The van der Waals surface area contributed by atoms with Crippen LogP contribution in [0.3, 0.4) is 0 Å². The molecular weight excluding hydrogens is 322 g/mol. The van der Waals surface area contributed by atoms with E-state index in [0.717, 1.165) is 22.2 Å². The van der Waals surface area contributed by atoms with Crippen LogP contribution in [0.15, 0.2) is 83.7 Å². The summed E-state index contributed by atoms with van der Waals surface area (Å²) in [5.74, 6) is 0.0795. The first-order valence-electron chi connectivity index (χ1n) is 8.59. The molecule has 4 aromatic rings. The lowest BCUT2D eigenvalue weighted by Gasteiger charge is -2.12. The Morgan fingerprint density at radius 3 is 2.15 bits per heavy atom. The van der Waals surface area contributed by atoms with Gasteiger partial charge in [-0.3, -0.25) is 4.79 Å². The molecule has 1 heterocycles. The zero-order valence-corrected chi connectivity index (χ0v) is 14.5. The van der Waals surface area contributed by atoms with Gasteiger partial charge in [-0.2, -0.15) is 0 Å². The van der Waals surface area contributed by atoms with Crippen LogP contribution >= 0.6 is 0 Å². The smallest absolute Gasteiger partial charge is 0.258 e. The molecule has 0 aliphatic carbocycles. The third-order valence-corrected chi connectivity index (χ3v) is 4.81. The molecule has 0 fully saturated rings. The molecule has 4 rings (SSSR count). The van der Waals surface area contributed by atoms with Crippen molar-refractivity contribution in [2.75, 3.05) is 0 Å². The van der Waals surface area contributed by atoms with E-state index in [9.17, 15) is 9.90 Å². The second-order valence-electron chi connectivity index (χ2n) is 6.45. The van der Waals surface area contributed by atoms with E-state index in [1.807, 2.05) is 66.7 Å². The maximum atomic E-state index is 12.7. The fourth-order valence-corrected chi connectivity index (χ4v) is 3.35. The molecule has 0 atom stereocenters. The molecule has 0 amide bonds. The van der Waals surface area contributed by atoms with E-state index in [1.54, 1.807) is 11.6 Å². The second-order valence-corrected chi connectivity index (χ2v) is 6.45. The van der Waals surface area contributed by atoms with Gasteiger partial charge in [-0.1, -0.05) is 66.7 Å². The lowest BCUT2D eigenvalue weighted by atomic mass is 9.99. The summed E-state index contributed by atoms with van der Waals surface area (Å²) in [6.07, 6.45) is 0.401. The van der Waals surface area contributed by atoms with Crippen molar-refractivity contribution in [3.8, 4) is 16.9 Å². The minimum atomic E-state index is -0.159. The first-order valence-corrected chi connectivity index (χ1v) is 8.59. The number of hydrogen-bond donors (Lipinski definition) is 1. The number of aryl methyl sites for hydroxylation is 1. The first-order chi connectivity index (χ1) is 12.6. The highest BCUT2D eigenvalue weighted by atomic mass is 16.3. The van der Waals surface area contributed by atoms with Gasteiger partial charge in [-0.25, -0.2) is 0 Å². The molecule has 3 nitrogen and oxygen atoms in total. The summed E-state index contributed by atoms with van der Waals surface area (Å²) in [5, 5.41) is 11.3. The standard InChI is InChI=1S/C23H19NO2/c1-24-21-10-6-5-9-19(21)22(25)20(23(24)26)15-16-11-13-18(14-12-16)17-7-3-2-4-8-17/h2-14,25H,15H2,1H3. The van der Waals surface area contributed by atoms with E-state index in [2.05, 4.69) is 12.1 Å². The fourth-order valence-electron chi connectivity index (χ4n) is 3.35. The van der Waals surface area contributed by atoms with Crippen molar-refractivity contribution < 1.29 is 5.11 Å². The monoisotopic (exact) mass is 341 g/mol. The van der Waals surface area contributed by atoms with Crippen LogP contribution in [0.25, 0.3) is 22.0 Å². The van der Waals surface area contributed by atoms with Gasteiger partial charge in [0.2, 0.25) is 0 Å². The molecule has 3 heteroatoms. The van der Waals surface area contributed by atoms with Crippen molar-refractivity contribution in [2.24, 2.45) is 7.05 Å². The maximum Gasteiger partial charge on any atom is 0.258 e. The summed E-state index contributed by atoms with van der Waals surface area (Å²) < 4.78 is 1.60. The van der Waals surface area contributed by atoms with E-state index < -0.39 is 0 Å². The number of nitrogens with zero attached hydrogens (tertiary/aromatic N) is 1. The Kier molecular flexibility index (Phi) is 4.05. The molecule has 0 saturated carbocycles. The molecule has 0 radical (unpaired) electrons. The molecule has 26 heavy (non-hydrogen) atoms. The highest BCUT2D eigenvalue weighted by Crippen LogP contribution is 2.28. The Morgan fingerprint density at radius 1 is 0.808 bits per heavy atom.